The number of carbonyl (C=O) groups is 2. The summed E-state index contributed by atoms with van der Waals surface area (Å²) in [7, 11) is 0. The minimum absolute atomic E-state index is 0.839. The molecule has 0 saturated heterocycles. The van der Waals surface area contributed by atoms with Crippen LogP contribution in [0.25, 0.3) is 0 Å². The number of rotatable bonds is 4. The fraction of sp³-hybridized carbons (Fsp3) is 0.846. The largest absolute Gasteiger partial charge is 0.459 e. The lowest BCUT2D eigenvalue weighted by Gasteiger charge is -2.32. The zero-order valence-corrected chi connectivity index (χ0v) is 12.4. The molecule has 112 valence electrons. The molecule has 0 aromatic heterocycles. The van der Waals surface area contributed by atoms with E-state index < -0.39 is 41.8 Å². The number of ether oxygens (including phenoxy) is 2. The monoisotopic (exact) mass is 276 g/mol. The van der Waals surface area contributed by atoms with Gasteiger partial charge in [0.15, 0.2) is 0 Å². The normalized spacial score (nSPS) is 13.1. The first-order valence-electron chi connectivity index (χ1n) is 6.06. The van der Waals surface area contributed by atoms with Crippen molar-refractivity contribution in [2.45, 2.75) is 52.7 Å². The van der Waals surface area contributed by atoms with Gasteiger partial charge in [-0.2, -0.15) is 0 Å². The van der Waals surface area contributed by atoms with E-state index in [0.717, 1.165) is 0 Å². The van der Waals surface area contributed by atoms with Gasteiger partial charge in [-0.25, -0.2) is 0 Å². The molecule has 0 rings (SSSR count). The zero-order chi connectivity index (χ0) is 15.5. The Kier molecular flexibility index (Phi) is 5.53. The van der Waals surface area contributed by atoms with Crippen molar-refractivity contribution in [2.75, 3.05) is 13.2 Å². The van der Waals surface area contributed by atoms with Gasteiger partial charge in [-0.3, -0.25) is 9.59 Å². The quantitative estimate of drug-likeness (QED) is 0.578. The van der Waals surface area contributed by atoms with Crippen LogP contribution in [-0.4, -0.2) is 46.6 Å². The smallest absolute Gasteiger partial charge is 0.328 e. The summed E-state index contributed by atoms with van der Waals surface area (Å²) in [5.74, 6) is -2.00. The van der Waals surface area contributed by atoms with Gasteiger partial charge in [-0.1, -0.05) is 0 Å². The van der Waals surface area contributed by atoms with E-state index in [4.69, 9.17) is 9.47 Å². The van der Waals surface area contributed by atoms with Gasteiger partial charge in [0.2, 0.25) is 5.41 Å². The number of hydrogen-bond acceptors (Lipinski definition) is 6. The van der Waals surface area contributed by atoms with Crippen molar-refractivity contribution in [2.24, 2.45) is 5.41 Å². The summed E-state index contributed by atoms with van der Waals surface area (Å²) in [5, 5.41) is 18.7. The molecule has 19 heavy (non-hydrogen) atoms. The summed E-state index contributed by atoms with van der Waals surface area (Å²) in [6.07, 6.45) is 0. The van der Waals surface area contributed by atoms with E-state index in [1.54, 1.807) is 41.5 Å². The van der Waals surface area contributed by atoms with E-state index in [-0.39, 0.29) is 0 Å². The second-order valence-corrected chi connectivity index (χ2v) is 6.40. The Morgan fingerprint density at radius 1 is 0.789 bits per heavy atom. The number of hydrogen-bond donors (Lipinski definition) is 2. The fourth-order valence-corrected chi connectivity index (χ4v) is 1.14. The SMILES string of the molecule is CC(C)(C)OC(=O)C(CO)(CO)C(=O)OC(C)(C)C. The molecule has 0 spiro atoms. The van der Waals surface area contributed by atoms with Crippen molar-refractivity contribution in [3.8, 4) is 0 Å². The van der Waals surface area contributed by atoms with Crippen LogP contribution in [0.4, 0.5) is 0 Å². The van der Waals surface area contributed by atoms with Gasteiger partial charge >= 0.3 is 11.9 Å². The molecule has 0 aliphatic carbocycles. The molecule has 0 aromatic carbocycles. The van der Waals surface area contributed by atoms with Crippen LogP contribution in [0.5, 0.6) is 0 Å². The maximum absolute atomic E-state index is 12.0. The van der Waals surface area contributed by atoms with Gasteiger partial charge in [0, 0.05) is 0 Å². The predicted molar refractivity (Wildman–Crippen MR) is 68.3 cm³/mol. The molecule has 0 bridgehead atoms. The van der Waals surface area contributed by atoms with E-state index in [0.29, 0.717) is 0 Å². The molecule has 0 aromatic rings. The average Bonchev–Trinajstić information content (AvgIpc) is 2.14. The van der Waals surface area contributed by atoms with Crippen molar-refractivity contribution in [1.82, 2.24) is 0 Å². The fourth-order valence-electron chi connectivity index (χ4n) is 1.14. The Morgan fingerprint density at radius 3 is 1.21 bits per heavy atom. The van der Waals surface area contributed by atoms with Gasteiger partial charge in [0.05, 0.1) is 13.2 Å². The minimum Gasteiger partial charge on any atom is -0.459 e. The van der Waals surface area contributed by atoms with Crippen LogP contribution < -0.4 is 0 Å². The summed E-state index contributed by atoms with van der Waals surface area (Å²) in [4.78, 5) is 24.1. The highest BCUT2D eigenvalue weighted by Gasteiger charge is 2.50. The molecular formula is C13H24O6. The van der Waals surface area contributed by atoms with Gasteiger partial charge in [-0.05, 0) is 41.5 Å². The highest BCUT2D eigenvalue weighted by atomic mass is 16.6. The van der Waals surface area contributed by atoms with Crippen LogP contribution in [-0.2, 0) is 19.1 Å². The molecule has 0 saturated carbocycles. The van der Waals surface area contributed by atoms with Crippen molar-refractivity contribution in [3.63, 3.8) is 0 Å². The molecule has 6 nitrogen and oxygen atoms in total. The minimum atomic E-state index is -2.10. The van der Waals surface area contributed by atoms with E-state index >= 15 is 0 Å². The number of aliphatic hydroxyl groups is 2. The number of esters is 2. The van der Waals surface area contributed by atoms with Crippen LogP contribution in [0.1, 0.15) is 41.5 Å². The summed E-state index contributed by atoms with van der Waals surface area (Å²) >= 11 is 0. The van der Waals surface area contributed by atoms with Crippen molar-refractivity contribution in [3.05, 3.63) is 0 Å². The summed E-state index contributed by atoms with van der Waals surface area (Å²) in [5.41, 5.74) is -3.77. The van der Waals surface area contributed by atoms with Crippen LogP contribution in [0.15, 0.2) is 0 Å². The molecule has 0 aliphatic heterocycles. The lowest BCUT2D eigenvalue weighted by molar-refractivity contribution is -0.191. The van der Waals surface area contributed by atoms with E-state index in [2.05, 4.69) is 0 Å². The Labute approximate surface area is 113 Å². The molecule has 0 aliphatic rings. The first-order chi connectivity index (χ1) is 8.38. The van der Waals surface area contributed by atoms with E-state index in [1.807, 2.05) is 0 Å². The maximum atomic E-state index is 12.0. The van der Waals surface area contributed by atoms with Crippen LogP contribution >= 0.6 is 0 Å². The molecule has 2 N–H and O–H groups in total. The molecule has 0 unspecified atom stereocenters. The first-order valence-corrected chi connectivity index (χ1v) is 6.06. The lowest BCUT2D eigenvalue weighted by atomic mass is 9.89. The number of aliphatic hydroxyl groups excluding tert-OH is 2. The van der Waals surface area contributed by atoms with Gasteiger partial charge < -0.3 is 19.7 Å². The van der Waals surface area contributed by atoms with Crippen molar-refractivity contribution >= 4 is 11.9 Å². The topological polar surface area (TPSA) is 93.1 Å². The first kappa shape index (κ1) is 17.9. The average molecular weight is 276 g/mol. The highest BCUT2D eigenvalue weighted by Crippen LogP contribution is 2.26. The standard InChI is InChI=1S/C13H24O6/c1-11(2,3)18-9(16)13(7-14,8-15)10(17)19-12(4,5)6/h14-15H,7-8H2,1-6H3. The number of carbonyl (C=O) groups excluding carboxylic acids is 2. The van der Waals surface area contributed by atoms with E-state index in [9.17, 15) is 19.8 Å². The van der Waals surface area contributed by atoms with Crippen molar-refractivity contribution in [1.29, 1.82) is 0 Å². The lowest BCUT2D eigenvalue weighted by Crippen LogP contribution is -2.51. The second kappa shape index (κ2) is 5.88. The molecule has 0 heterocycles. The summed E-state index contributed by atoms with van der Waals surface area (Å²) < 4.78 is 10.1. The molecule has 0 amide bonds. The Hall–Kier alpha value is -1.14. The second-order valence-electron chi connectivity index (χ2n) is 6.40. The van der Waals surface area contributed by atoms with Gasteiger partial charge in [-0.15, -0.1) is 0 Å². The van der Waals surface area contributed by atoms with Crippen LogP contribution in [0.2, 0.25) is 0 Å². The van der Waals surface area contributed by atoms with Crippen molar-refractivity contribution < 1.29 is 29.3 Å². The summed E-state index contributed by atoms with van der Waals surface area (Å²) in [6.45, 7) is 7.98. The Balaban J connectivity index is 5.25. The maximum Gasteiger partial charge on any atom is 0.328 e. The van der Waals surface area contributed by atoms with E-state index in [1.165, 1.54) is 0 Å². The van der Waals surface area contributed by atoms with Gasteiger partial charge in [0.25, 0.3) is 0 Å². The Morgan fingerprint density at radius 2 is 1.05 bits per heavy atom. The molecule has 0 fully saturated rings. The molecule has 0 radical (unpaired) electrons. The third-order valence-electron chi connectivity index (χ3n) is 2.12. The molecular weight excluding hydrogens is 252 g/mol. The van der Waals surface area contributed by atoms with Gasteiger partial charge in [0.1, 0.15) is 11.2 Å². The van der Waals surface area contributed by atoms with Crippen LogP contribution in [0.3, 0.4) is 0 Å². The third kappa shape index (κ3) is 5.16. The highest BCUT2D eigenvalue weighted by molar-refractivity contribution is 6.00. The van der Waals surface area contributed by atoms with Crippen LogP contribution in [0, 0.1) is 5.41 Å². The predicted octanol–water partition coefficient (Wildman–Crippen LogP) is 0.641. The Bertz CT molecular complexity index is 300. The summed E-state index contributed by atoms with van der Waals surface area (Å²) in [6, 6.07) is 0. The third-order valence-corrected chi connectivity index (χ3v) is 2.12. The molecule has 0 atom stereocenters. The molecule has 6 heteroatoms. The zero-order valence-electron chi connectivity index (χ0n) is 12.4.